The summed E-state index contributed by atoms with van der Waals surface area (Å²) in [5.74, 6) is 0.211. The summed E-state index contributed by atoms with van der Waals surface area (Å²) >= 11 is 1.84. The van der Waals surface area contributed by atoms with Gasteiger partial charge in [-0.15, -0.1) is 11.3 Å². The van der Waals surface area contributed by atoms with Crippen LogP contribution in [0.15, 0.2) is 29.1 Å². The molecule has 1 aliphatic rings. The molecule has 2 aromatic heterocycles. The second kappa shape index (κ2) is 5.47. The minimum atomic E-state index is -0.106. The molecule has 3 N–H and O–H groups in total. The van der Waals surface area contributed by atoms with Crippen LogP contribution in [0.1, 0.15) is 21.7 Å². The number of nitrogens with one attached hydrogen (secondary N) is 1. The summed E-state index contributed by atoms with van der Waals surface area (Å²) in [6.07, 6.45) is 0.771. The van der Waals surface area contributed by atoms with Gasteiger partial charge in [-0.05, 0) is 23.9 Å². The van der Waals surface area contributed by atoms with Crippen LogP contribution >= 0.6 is 11.3 Å². The SMILES string of the molecule is Cc1c(CN2CCc3nc(N)[nH]c(=O)c3C2)sc2ccccc12. The first kappa shape index (κ1) is 14.4. The Kier molecular flexibility index (Phi) is 3.43. The zero-order valence-electron chi connectivity index (χ0n) is 12.9. The molecule has 0 fully saturated rings. The van der Waals surface area contributed by atoms with Crippen LogP contribution in [0.4, 0.5) is 5.95 Å². The molecular weight excluding hydrogens is 308 g/mol. The molecule has 1 aromatic carbocycles. The van der Waals surface area contributed by atoms with Crippen molar-refractivity contribution in [3.63, 3.8) is 0 Å². The molecule has 3 aromatic rings. The number of H-pyrrole nitrogens is 1. The predicted octanol–water partition coefficient (Wildman–Crippen LogP) is 2.43. The van der Waals surface area contributed by atoms with Gasteiger partial charge in [-0.2, -0.15) is 0 Å². The van der Waals surface area contributed by atoms with Gasteiger partial charge in [0.2, 0.25) is 5.95 Å². The molecule has 118 valence electrons. The topological polar surface area (TPSA) is 75.0 Å². The number of nitrogens with two attached hydrogens (primary N) is 1. The Morgan fingerprint density at radius 3 is 3.04 bits per heavy atom. The van der Waals surface area contributed by atoms with Gasteiger partial charge in [0.15, 0.2) is 0 Å². The highest BCUT2D eigenvalue weighted by molar-refractivity contribution is 7.19. The number of thiophene rings is 1. The molecule has 0 atom stereocenters. The second-order valence-corrected chi connectivity index (χ2v) is 7.12. The first-order chi connectivity index (χ1) is 11.1. The lowest BCUT2D eigenvalue weighted by Gasteiger charge is -2.27. The van der Waals surface area contributed by atoms with Crippen LogP contribution in [0.5, 0.6) is 0 Å². The number of nitrogen functional groups attached to an aromatic ring is 1. The lowest BCUT2D eigenvalue weighted by Crippen LogP contribution is -2.35. The quantitative estimate of drug-likeness (QED) is 0.758. The fourth-order valence-corrected chi connectivity index (χ4v) is 4.47. The van der Waals surface area contributed by atoms with E-state index in [1.54, 1.807) is 0 Å². The Morgan fingerprint density at radius 1 is 1.39 bits per heavy atom. The van der Waals surface area contributed by atoms with E-state index in [4.69, 9.17) is 5.73 Å². The van der Waals surface area contributed by atoms with Crippen molar-refractivity contribution in [1.82, 2.24) is 14.9 Å². The first-order valence-electron chi connectivity index (χ1n) is 7.68. The van der Waals surface area contributed by atoms with Crippen LogP contribution in [0.3, 0.4) is 0 Å². The molecule has 0 bridgehead atoms. The fraction of sp³-hybridized carbons (Fsp3) is 0.294. The number of aromatic amines is 1. The summed E-state index contributed by atoms with van der Waals surface area (Å²) in [7, 11) is 0. The van der Waals surface area contributed by atoms with E-state index in [1.807, 2.05) is 11.3 Å². The van der Waals surface area contributed by atoms with Gasteiger partial charge in [-0.1, -0.05) is 18.2 Å². The number of anilines is 1. The zero-order chi connectivity index (χ0) is 16.0. The average molecular weight is 326 g/mol. The molecule has 3 heterocycles. The maximum Gasteiger partial charge on any atom is 0.257 e. The monoisotopic (exact) mass is 326 g/mol. The molecule has 0 radical (unpaired) electrons. The Balaban J connectivity index is 1.62. The maximum absolute atomic E-state index is 12.1. The Hall–Kier alpha value is -2.18. The fourth-order valence-electron chi connectivity index (χ4n) is 3.21. The Bertz CT molecular complexity index is 943. The predicted molar refractivity (Wildman–Crippen MR) is 93.7 cm³/mol. The molecule has 0 amide bonds. The summed E-state index contributed by atoms with van der Waals surface area (Å²) in [5, 5.41) is 1.33. The smallest absolute Gasteiger partial charge is 0.257 e. The molecule has 4 rings (SSSR count). The second-order valence-electron chi connectivity index (χ2n) is 5.98. The Labute approximate surface area is 137 Å². The van der Waals surface area contributed by atoms with Crippen molar-refractivity contribution in [3.05, 3.63) is 56.3 Å². The first-order valence-corrected chi connectivity index (χ1v) is 8.50. The molecule has 0 spiro atoms. The van der Waals surface area contributed by atoms with Crippen molar-refractivity contribution in [2.75, 3.05) is 12.3 Å². The van der Waals surface area contributed by atoms with E-state index in [9.17, 15) is 4.79 Å². The number of rotatable bonds is 2. The molecule has 6 heteroatoms. The number of fused-ring (bicyclic) bond motifs is 2. The molecule has 5 nitrogen and oxygen atoms in total. The number of hydrogen-bond donors (Lipinski definition) is 2. The van der Waals surface area contributed by atoms with E-state index in [1.165, 1.54) is 20.5 Å². The van der Waals surface area contributed by atoms with Crippen molar-refractivity contribution in [1.29, 1.82) is 0 Å². The van der Waals surface area contributed by atoms with E-state index in [-0.39, 0.29) is 11.5 Å². The number of nitrogens with zero attached hydrogens (tertiary/aromatic N) is 2. The van der Waals surface area contributed by atoms with Gasteiger partial charge in [0, 0.05) is 35.6 Å². The van der Waals surface area contributed by atoms with Gasteiger partial charge >= 0.3 is 0 Å². The van der Waals surface area contributed by atoms with Crippen LogP contribution in [-0.2, 0) is 19.5 Å². The minimum absolute atomic E-state index is 0.106. The maximum atomic E-state index is 12.1. The van der Waals surface area contributed by atoms with E-state index >= 15 is 0 Å². The number of benzene rings is 1. The van der Waals surface area contributed by atoms with Crippen LogP contribution in [0, 0.1) is 6.92 Å². The summed E-state index contributed by atoms with van der Waals surface area (Å²) in [6.45, 7) is 4.58. The molecule has 1 aliphatic heterocycles. The van der Waals surface area contributed by atoms with Gasteiger partial charge in [0.25, 0.3) is 5.56 Å². The molecule has 0 saturated carbocycles. The summed E-state index contributed by atoms with van der Waals surface area (Å²) in [4.78, 5) is 22.6. The van der Waals surface area contributed by atoms with Gasteiger partial charge < -0.3 is 5.73 Å². The largest absolute Gasteiger partial charge is 0.369 e. The lowest BCUT2D eigenvalue weighted by atomic mass is 10.1. The third-order valence-electron chi connectivity index (χ3n) is 4.48. The van der Waals surface area contributed by atoms with Crippen molar-refractivity contribution < 1.29 is 0 Å². The van der Waals surface area contributed by atoms with Crippen molar-refractivity contribution in [3.8, 4) is 0 Å². The number of hydrogen-bond acceptors (Lipinski definition) is 5. The summed E-state index contributed by atoms with van der Waals surface area (Å²) < 4.78 is 1.32. The number of aromatic nitrogens is 2. The van der Waals surface area contributed by atoms with Crippen LogP contribution in [-0.4, -0.2) is 21.4 Å². The lowest BCUT2D eigenvalue weighted by molar-refractivity contribution is 0.243. The van der Waals surface area contributed by atoms with Crippen molar-refractivity contribution >= 4 is 27.4 Å². The highest BCUT2D eigenvalue weighted by atomic mass is 32.1. The van der Waals surface area contributed by atoms with E-state index < -0.39 is 0 Å². The van der Waals surface area contributed by atoms with Crippen LogP contribution in [0.25, 0.3) is 10.1 Å². The Morgan fingerprint density at radius 2 is 2.22 bits per heavy atom. The molecular formula is C17H18N4OS. The summed E-state index contributed by atoms with van der Waals surface area (Å²) in [5.41, 5.74) is 8.46. The summed E-state index contributed by atoms with van der Waals surface area (Å²) in [6, 6.07) is 8.50. The van der Waals surface area contributed by atoms with Crippen LogP contribution in [0.2, 0.25) is 0 Å². The molecule has 23 heavy (non-hydrogen) atoms. The van der Waals surface area contributed by atoms with Crippen LogP contribution < -0.4 is 11.3 Å². The number of aryl methyl sites for hydroxylation is 1. The highest BCUT2D eigenvalue weighted by Gasteiger charge is 2.22. The van der Waals surface area contributed by atoms with E-state index in [0.717, 1.165) is 30.8 Å². The highest BCUT2D eigenvalue weighted by Crippen LogP contribution is 2.32. The van der Waals surface area contributed by atoms with Gasteiger partial charge in [-0.3, -0.25) is 14.7 Å². The third kappa shape index (κ3) is 2.54. The zero-order valence-corrected chi connectivity index (χ0v) is 13.7. The van der Waals surface area contributed by atoms with Gasteiger partial charge in [0.05, 0.1) is 11.3 Å². The molecule has 0 unspecified atom stereocenters. The van der Waals surface area contributed by atoms with E-state index in [0.29, 0.717) is 6.54 Å². The molecule has 0 aliphatic carbocycles. The van der Waals surface area contributed by atoms with Crippen molar-refractivity contribution in [2.24, 2.45) is 0 Å². The van der Waals surface area contributed by atoms with Gasteiger partial charge in [-0.25, -0.2) is 4.98 Å². The minimum Gasteiger partial charge on any atom is -0.369 e. The van der Waals surface area contributed by atoms with Gasteiger partial charge in [0.1, 0.15) is 0 Å². The standard InChI is InChI=1S/C17H18N4OS/c1-10-11-4-2-3-5-14(11)23-15(10)9-21-7-6-13-12(8-21)16(22)20-17(18)19-13/h2-5H,6-9H2,1H3,(H3,18,19,20,22). The molecule has 0 saturated heterocycles. The van der Waals surface area contributed by atoms with Crippen molar-refractivity contribution in [2.45, 2.75) is 26.4 Å². The average Bonchev–Trinajstić information content (AvgIpc) is 2.84. The third-order valence-corrected chi connectivity index (χ3v) is 5.73. The van der Waals surface area contributed by atoms with E-state index in [2.05, 4.69) is 46.1 Å². The normalized spacial score (nSPS) is 15.0.